The van der Waals surface area contributed by atoms with Gasteiger partial charge in [0, 0.05) is 31.4 Å². The first-order chi connectivity index (χ1) is 14.1. The van der Waals surface area contributed by atoms with Crippen molar-refractivity contribution in [3.8, 4) is 5.75 Å². The fourth-order valence-electron chi connectivity index (χ4n) is 3.26. The van der Waals surface area contributed by atoms with Crippen molar-refractivity contribution in [2.45, 2.75) is 33.5 Å². The summed E-state index contributed by atoms with van der Waals surface area (Å²) < 4.78 is 7.35. The van der Waals surface area contributed by atoms with E-state index in [0.717, 1.165) is 29.5 Å². The fraction of sp³-hybridized carbons (Fsp3) is 0.304. The van der Waals surface area contributed by atoms with Crippen LogP contribution in [0, 0.1) is 13.8 Å². The van der Waals surface area contributed by atoms with Gasteiger partial charge in [0.05, 0.1) is 19.3 Å². The van der Waals surface area contributed by atoms with E-state index in [4.69, 9.17) is 9.84 Å². The smallest absolute Gasteiger partial charge is 0.191 e. The molecule has 29 heavy (non-hydrogen) atoms. The summed E-state index contributed by atoms with van der Waals surface area (Å²) in [4.78, 5) is 4.33. The van der Waals surface area contributed by atoms with Gasteiger partial charge in [-0.2, -0.15) is 5.10 Å². The zero-order valence-corrected chi connectivity index (χ0v) is 17.6. The van der Waals surface area contributed by atoms with Gasteiger partial charge in [0.1, 0.15) is 5.75 Å². The Morgan fingerprint density at radius 3 is 2.45 bits per heavy atom. The van der Waals surface area contributed by atoms with Crippen LogP contribution in [0.2, 0.25) is 0 Å². The van der Waals surface area contributed by atoms with E-state index in [1.165, 1.54) is 16.8 Å². The summed E-state index contributed by atoms with van der Waals surface area (Å²) in [6, 6.07) is 18.4. The van der Waals surface area contributed by atoms with Crippen LogP contribution in [0.15, 0.2) is 59.6 Å². The van der Waals surface area contributed by atoms with Crippen molar-refractivity contribution in [1.82, 2.24) is 20.4 Å². The Bertz CT molecular complexity index is 963. The van der Waals surface area contributed by atoms with Gasteiger partial charge in [0.15, 0.2) is 5.96 Å². The van der Waals surface area contributed by atoms with Crippen molar-refractivity contribution in [2.75, 3.05) is 14.2 Å². The Morgan fingerprint density at radius 1 is 1.00 bits per heavy atom. The summed E-state index contributed by atoms with van der Waals surface area (Å²) in [7, 11) is 3.45. The number of benzene rings is 2. The SMILES string of the molecule is CN=C(NCc1cccc(OC)c1)NCc1c(C)nn(Cc2ccccc2)c1C. The molecule has 1 heterocycles. The predicted octanol–water partition coefficient (Wildman–Crippen LogP) is 3.42. The Balaban J connectivity index is 1.60. The largest absolute Gasteiger partial charge is 0.497 e. The lowest BCUT2D eigenvalue weighted by Gasteiger charge is -2.13. The van der Waals surface area contributed by atoms with Gasteiger partial charge in [-0.3, -0.25) is 9.67 Å². The van der Waals surface area contributed by atoms with Crippen LogP contribution in [-0.4, -0.2) is 29.9 Å². The van der Waals surface area contributed by atoms with E-state index in [1.807, 2.05) is 24.3 Å². The van der Waals surface area contributed by atoms with Crippen LogP contribution in [0.25, 0.3) is 0 Å². The number of aromatic nitrogens is 2. The molecule has 0 atom stereocenters. The number of ether oxygens (including phenoxy) is 1. The van der Waals surface area contributed by atoms with E-state index in [0.29, 0.717) is 13.1 Å². The number of aliphatic imine (C=N–C) groups is 1. The number of aryl methyl sites for hydroxylation is 1. The summed E-state index contributed by atoms with van der Waals surface area (Å²) in [5, 5.41) is 11.5. The van der Waals surface area contributed by atoms with E-state index < -0.39 is 0 Å². The summed E-state index contributed by atoms with van der Waals surface area (Å²) >= 11 is 0. The number of methoxy groups -OCH3 is 1. The van der Waals surface area contributed by atoms with Crippen molar-refractivity contribution >= 4 is 5.96 Å². The van der Waals surface area contributed by atoms with E-state index in [2.05, 4.69) is 64.5 Å². The Hall–Kier alpha value is -3.28. The maximum atomic E-state index is 5.28. The number of rotatable bonds is 7. The molecule has 2 aromatic carbocycles. The van der Waals surface area contributed by atoms with Crippen LogP contribution in [0.1, 0.15) is 28.1 Å². The van der Waals surface area contributed by atoms with E-state index in [1.54, 1.807) is 14.2 Å². The van der Waals surface area contributed by atoms with Crippen LogP contribution < -0.4 is 15.4 Å². The quantitative estimate of drug-likeness (QED) is 0.478. The molecule has 0 spiro atoms. The summed E-state index contributed by atoms with van der Waals surface area (Å²) in [6.45, 7) is 6.28. The predicted molar refractivity (Wildman–Crippen MR) is 117 cm³/mol. The molecule has 6 heteroatoms. The molecule has 0 bridgehead atoms. The fourth-order valence-corrected chi connectivity index (χ4v) is 3.26. The molecule has 0 radical (unpaired) electrons. The number of nitrogens with zero attached hydrogens (tertiary/aromatic N) is 3. The van der Waals surface area contributed by atoms with Gasteiger partial charge in [-0.05, 0) is 37.1 Å². The maximum Gasteiger partial charge on any atom is 0.191 e. The minimum Gasteiger partial charge on any atom is -0.497 e. The normalized spacial score (nSPS) is 11.4. The first-order valence-electron chi connectivity index (χ1n) is 9.75. The number of nitrogens with one attached hydrogen (secondary N) is 2. The second-order valence-electron chi connectivity index (χ2n) is 6.92. The van der Waals surface area contributed by atoms with Crippen molar-refractivity contribution in [1.29, 1.82) is 0 Å². The number of guanidine groups is 1. The third-order valence-electron chi connectivity index (χ3n) is 4.96. The Morgan fingerprint density at radius 2 is 1.72 bits per heavy atom. The minimum atomic E-state index is 0.669. The summed E-state index contributed by atoms with van der Waals surface area (Å²) in [5.74, 6) is 1.60. The van der Waals surface area contributed by atoms with Crippen molar-refractivity contribution < 1.29 is 4.74 Å². The second-order valence-corrected chi connectivity index (χ2v) is 6.92. The zero-order chi connectivity index (χ0) is 20.6. The molecule has 0 unspecified atom stereocenters. The van der Waals surface area contributed by atoms with Crippen molar-refractivity contribution in [3.05, 3.63) is 82.7 Å². The van der Waals surface area contributed by atoms with Gasteiger partial charge < -0.3 is 15.4 Å². The van der Waals surface area contributed by atoms with Crippen LogP contribution in [0.3, 0.4) is 0 Å². The molecule has 0 aliphatic carbocycles. The van der Waals surface area contributed by atoms with E-state index in [-0.39, 0.29) is 0 Å². The standard InChI is InChI=1S/C23H29N5O/c1-17-22(18(2)28(27-17)16-19-9-6-5-7-10-19)15-26-23(24-3)25-14-20-11-8-12-21(13-20)29-4/h5-13H,14-16H2,1-4H3,(H2,24,25,26). The molecular formula is C23H29N5O. The molecule has 6 nitrogen and oxygen atoms in total. The molecular weight excluding hydrogens is 362 g/mol. The highest BCUT2D eigenvalue weighted by Gasteiger charge is 2.12. The minimum absolute atomic E-state index is 0.669. The molecule has 2 N–H and O–H groups in total. The van der Waals surface area contributed by atoms with Crippen LogP contribution >= 0.6 is 0 Å². The molecule has 0 aliphatic rings. The van der Waals surface area contributed by atoms with Crippen LogP contribution in [0.4, 0.5) is 0 Å². The molecule has 152 valence electrons. The molecule has 3 aromatic rings. The molecule has 0 fully saturated rings. The molecule has 0 amide bonds. The third-order valence-corrected chi connectivity index (χ3v) is 4.96. The highest BCUT2D eigenvalue weighted by atomic mass is 16.5. The number of hydrogen-bond donors (Lipinski definition) is 2. The first kappa shape index (κ1) is 20.5. The lowest BCUT2D eigenvalue weighted by atomic mass is 10.2. The zero-order valence-electron chi connectivity index (χ0n) is 17.6. The third kappa shape index (κ3) is 5.38. The van der Waals surface area contributed by atoms with Gasteiger partial charge >= 0.3 is 0 Å². The first-order valence-corrected chi connectivity index (χ1v) is 9.75. The van der Waals surface area contributed by atoms with Gasteiger partial charge in [0.2, 0.25) is 0 Å². The van der Waals surface area contributed by atoms with Crippen molar-refractivity contribution in [3.63, 3.8) is 0 Å². The van der Waals surface area contributed by atoms with Crippen LogP contribution in [-0.2, 0) is 19.6 Å². The molecule has 0 saturated heterocycles. The van der Waals surface area contributed by atoms with E-state index in [9.17, 15) is 0 Å². The number of hydrogen-bond acceptors (Lipinski definition) is 3. The average Bonchev–Trinajstić information content (AvgIpc) is 3.01. The Kier molecular flexibility index (Phi) is 6.89. The highest BCUT2D eigenvalue weighted by Crippen LogP contribution is 2.15. The summed E-state index contributed by atoms with van der Waals surface area (Å²) in [5.41, 5.74) is 5.78. The molecule has 0 aliphatic heterocycles. The molecule has 1 aromatic heterocycles. The molecule has 3 rings (SSSR count). The molecule has 0 saturated carbocycles. The average molecular weight is 392 g/mol. The monoisotopic (exact) mass is 391 g/mol. The lowest BCUT2D eigenvalue weighted by Crippen LogP contribution is -2.36. The van der Waals surface area contributed by atoms with Crippen molar-refractivity contribution in [2.24, 2.45) is 4.99 Å². The maximum absolute atomic E-state index is 5.28. The summed E-state index contributed by atoms with van der Waals surface area (Å²) in [6.07, 6.45) is 0. The van der Waals surface area contributed by atoms with Gasteiger partial charge in [-0.15, -0.1) is 0 Å². The van der Waals surface area contributed by atoms with Gasteiger partial charge in [-0.25, -0.2) is 0 Å². The highest BCUT2D eigenvalue weighted by molar-refractivity contribution is 5.79. The second kappa shape index (κ2) is 9.78. The van der Waals surface area contributed by atoms with Gasteiger partial charge in [-0.1, -0.05) is 42.5 Å². The topological polar surface area (TPSA) is 63.5 Å². The van der Waals surface area contributed by atoms with Gasteiger partial charge in [0.25, 0.3) is 0 Å². The lowest BCUT2D eigenvalue weighted by molar-refractivity contribution is 0.414. The van der Waals surface area contributed by atoms with Crippen LogP contribution in [0.5, 0.6) is 5.75 Å². The Labute approximate surface area is 172 Å². The van der Waals surface area contributed by atoms with E-state index >= 15 is 0 Å².